The van der Waals surface area contributed by atoms with Crippen LogP contribution in [0.15, 0.2) is 41.7 Å². The second-order valence-electron chi connectivity index (χ2n) is 4.70. The Hall–Kier alpha value is -1.81. The van der Waals surface area contributed by atoms with Gasteiger partial charge in [-0.05, 0) is 19.4 Å². The average Bonchev–Trinajstić information content (AvgIpc) is 2.77. The van der Waals surface area contributed by atoms with Gasteiger partial charge in [0.2, 0.25) is 0 Å². The van der Waals surface area contributed by atoms with Crippen molar-refractivity contribution in [3.63, 3.8) is 0 Å². The third-order valence-corrected chi connectivity index (χ3v) is 3.39. The molecule has 0 fully saturated rings. The second kappa shape index (κ2) is 6.57. The van der Waals surface area contributed by atoms with Crippen molar-refractivity contribution in [3.05, 3.63) is 47.2 Å². The Morgan fingerprint density at radius 1 is 1.30 bits per heavy atom. The molecule has 1 aliphatic heterocycles. The van der Waals surface area contributed by atoms with Crippen LogP contribution in [0.5, 0.6) is 0 Å². The zero-order chi connectivity index (χ0) is 14.5. The van der Waals surface area contributed by atoms with Crippen molar-refractivity contribution in [1.82, 2.24) is 0 Å². The van der Waals surface area contributed by atoms with Gasteiger partial charge in [-0.3, -0.25) is 0 Å². The largest absolute Gasteiger partial charge is 0.489 e. The van der Waals surface area contributed by atoms with E-state index < -0.39 is 0 Å². The van der Waals surface area contributed by atoms with E-state index in [1.807, 2.05) is 30.3 Å². The molecule has 1 aromatic rings. The van der Waals surface area contributed by atoms with Crippen LogP contribution in [0.3, 0.4) is 0 Å². The summed E-state index contributed by atoms with van der Waals surface area (Å²) in [6.07, 6.45) is -0.199. The maximum absolute atomic E-state index is 12.1. The fourth-order valence-corrected chi connectivity index (χ4v) is 2.55. The second-order valence-corrected chi connectivity index (χ2v) is 4.70. The third-order valence-electron chi connectivity index (χ3n) is 3.39. The molecule has 0 aromatic heterocycles. The molecule has 0 bridgehead atoms. The van der Waals surface area contributed by atoms with Gasteiger partial charge in [-0.25, -0.2) is 4.79 Å². The molecule has 1 aromatic carbocycles. The van der Waals surface area contributed by atoms with Crippen molar-refractivity contribution >= 4 is 5.97 Å². The predicted molar refractivity (Wildman–Crippen MR) is 75.0 cm³/mol. The third kappa shape index (κ3) is 2.85. The molecule has 0 aliphatic carbocycles. The van der Waals surface area contributed by atoms with Crippen LogP contribution in [0.25, 0.3) is 0 Å². The van der Waals surface area contributed by atoms with Crippen LogP contribution in [0, 0.1) is 5.92 Å². The van der Waals surface area contributed by atoms with Gasteiger partial charge in [0.05, 0.1) is 24.7 Å². The van der Waals surface area contributed by atoms with E-state index in [0.717, 1.165) is 5.56 Å². The number of carbonyl (C=O) groups is 1. The lowest BCUT2D eigenvalue weighted by Crippen LogP contribution is -2.22. The first-order valence-corrected chi connectivity index (χ1v) is 6.77. The summed E-state index contributed by atoms with van der Waals surface area (Å²) in [5.41, 5.74) is 1.62. The molecule has 0 amide bonds. The predicted octanol–water partition coefficient (Wildman–Crippen LogP) is 2.86. The lowest BCUT2D eigenvalue weighted by atomic mass is 9.91. The van der Waals surface area contributed by atoms with Crippen molar-refractivity contribution in [2.45, 2.75) is 20.0 Å². The molecular weight excluding hydrogens is 256 g/mol. The van der Waals surface area contributed by atoms with Crippen molar-refractivity contribution < 1.29 is 19.0 Å². The molecule has 0 saturated heterocycles. The van der Waals surface area contributed by atoms with E-state index in [1.165, 1.54) is 0 Å². The van der Waals surface area contributed by atoms with Gasteiger partial charge in [-0.1, -0.05) is 30.3 Å². The number of hydrogen-bond acceptors (Lipinski definition) is 4. The molecule has 0 unspecified atom stereocenters. The molecule has 0 saturated carbocycles. The van der Waals surface area contributed by atoms with Crippen molar-refractivity contribution in [1.29, 1.82) is 0 Å². The van der Waals surface area contributed by atoms with Crippen LogP contribution in [-0.2, 0) is 19.0 Å². The Bertz CT molecular complexity index is 492. The molecule has 1 aliphatic rings. The van der Waals surface area contributed by atoms with Crippen molar-refractivity contribution in [2.75, 3.05) is 20.3 Å². The van der Waals surface area contributed by atoms with E-state index >= 15 is 0 Å². The zero-order valence-corrected chi connectivity index (χ0v) is 12.1. The SMILES string of the molecule is CCOC(=O)C1=C(C)O[C@H](c2ccccc2)[C@@H]1COC. The number of esters is 1. The Kier molecular flexibility index (Phi) is 4.79. The first kappa shape index (κ1) is 14.6. The standard InChI is InChI=1S/C16H20O4/c1-4-19-16(17)14-11(2)20-15(13(14)10-18-3)12-8-6-5-7-9-12/h5-9,13,15H,4,10H2,1-3H3/t13-,15-/m1/s1. The maximum atomic E-state index is 12.1. The Balaban J connectivity index is 2.28. The van der Waals surface area contributed by atoms with Gasteiger partial charge in [0.15, 0.2) is 0 Å². The first-order chi connectivity index (χ1) is 9.69. The van der Waals surface area contributed by atoms with Gasteiger partial charge in [0, 0.05) is 7.11 Å². The van der Waals surface area contributed by atoms with Gasteiger partial charge in [0.1, 0.15) is 11.9 Å². The van der Waals surface area contributed by atoms with Crippen molar-refractivity contribution in [2.24, 2.45) is 5.92 Å². The molecule has 2 rings (SSSR count). The smallest absolute Gasteiger partial charge is 0.337 e. The van der Waals surface area contributed by atoms with Gasteiger partial charge < -0.3 is 14.2 Å². The molecule has 4 nitrogen and oxygen atoms in total. The highest BCUT2D eigenvalue weighted by atomic mass is 16.5. The number of methoxy groups -OCH3 is 1. The summed E-state index contributed by atoms with van der Waals surface area (Å²) in [5.74, 6) is 0.172. The topological polar surface area (TPSA) is 44.8 Å². The van der Waals surface area contributed by atoms with Gasteiger partial charge in [0.25, 0.3) is 0 Å². The lowest BCUT2D eigenvalue weighted by molar-refractivity contribution is -0.139. The van der Waals surface area contributed by atoms with Gasteiger partial charge in [-0.15, -0.1) is 0 Å². The molecule has 4 heteroatoms. The fraction of sp³-hybridized carbons (Fsp3) is 0.438. The summed E-state index contributed by atoms with van der Waals surface area (Å²) in [7, 11) is 1.62. The van der Waals surface area contributed by atoms with Crippen LogP contribution in [-0.4, -0.2) is 26.3 Å². The van der Waals surface area contributed by atoms with E-state index in [9.17, 15) is 4.79 Å². The quantitative estimate of drug-likeness (QED) is 0.776. The van der Waals surface area contributed by atoms with E-state index in [0.29, 0.717) is 24.5 Å². The number of carbonyl (C=O) groups excluding carboxylic acids is 1. The summed E-state index contributed by atoms with van der Waals surface area (Å²) < 4.78 is 16.3. The summed E-state index contributed by atoms with van der Waals surface area (Å²) in [6.45, 7) is 4.37. The molecule has 108 valence electrons. The Labute approximate surface area is 119 Å². The molecule has 0 N–H and O–H groups in total. The zero-order valence-electron chi connectivity index (χ0n) is 12.1. The maximum Gasteiger partial charge on any atom is 0.337 e. The van der Waals surface area contributed by atoms with Gasteiger partial charge in [-0.2, -0.15) is 0 Å². The van der Waals surface area contributed by atoms with E-state index in [1.54, 1.807) is 21.0 Å². The highest BCUT2D eigenvalue weighted by molar-refractivity contribution is 5.90. The van der Waals surface area contributed by atoms with Gasteiger partial charge >= 0.3 is 5.97 Å². The molecule has 20 heavy (non-hydrogen) atoms. The van der Waals surface area contributed by atoms with E-state index in [2.05, 4.69) is 0 Å². The molecule has 2 atom stereocenters. The minimum atomic E-state index is -0.314. The van der Waals surface area contributed by atoms with E-state index in [-0.39, 0.29) is 18.0 Å². The number of ether oxygens (including phenoxy) is 3. The Morgan fingerprint density at radius 3 is 2.60 bits per heavy atom. The Morgan fingerprint density at radius 2 is 2.00 bits per heavy atom. The normalized spacial score (nSPS) is 21.8. The van der Waals surface area contributed by atoms with E-state index in [4.69, 9.17) is 14.2 Å². The van der Waals surface area contributed by atoms with Crippen molar-refractivity contribution in [3.8, 4) is 0 Å². The first-order valence-electron chi connectivity index (χ1n) is 6.77. The number of benzene rings is 1. The van der Waals surface area contributed by atoms with Crippen LogP contribution < -0.4 is 0 Å². The summed E-state index contributed by atoms with van der Waals surface area (Å²) in [6, 6.07) is 9.86. The summed E-state index contributed by atoms with van der Waals surface area (Å²) in [4.78, 5) is 12.1. The minimum Gasteiger partial charge on any atom is -0.489 e. The lowest BCUT2D eigenvalue weighted by Gasteiger charge is -2.20. The van der Waals surface area contributed by atoms with Crippen LogP contribution >= 0.6 is 0 Å². The number of rotatable bonds is 5. The van der Waals surface area contributed by atoms with Crippen LogP contribution in [0.4, 0.5) is 0 Å². The van der Waals surface area contributed by atoms with Crippen LogP contribution in [0.1, 0.15) is 25.5 Å². The summed E-state index contributed by atoms with van der Waals surface area (Å²) >= 11 is 0. The van der Waals surface area contributed by atoms with Crippen LogP contribution in [0.2, 0.25) is 0 Å². The average molecular weight is 276 g/mol. The molecular formula is C16H20O4. The number of allylic oxidation sites excluding steroid dienone is 1. The monoisotopic (exact) mass is 276 g/mol. The molecule has 0 radical (unpaired) electrons. The fourth-order valence-electron chi connectivity index (χ4n) is 2.55. The minimum absolute atomic E-state index is 0.138. The molecule has 1 heterocycles. The number of hydrogen-bond donors (Lipinski definition) is 0. The highest BCUT2D eigenvalue weighted by Gasteiger charge is 2.40. The summed E-state index contributed by atoms with van der Waals surface area (Å²) in [5, 5.41) is 0. The highest BCUT2D eigenvalue weighted by Crippen LogP contribution is 2.41. The molecule has 0 spiro atoms.